The van der Waals surface area contributed by atoms with Gasteiger partial charge in [-0.2, -0.15) is 0 Å². The minimum Gasteiger partial charge on any atom is -0.0654 e. The van der Waals surface area contributed by atoms with Crippen molar-refractivity contribution in [3.8, 4) is 0 Å². The van der Waals surface area contributed by atoms with Crippen LogP contribution in [0.25, 0.3) is 12.2 Å². The van der Waals surface area contributed by atoms with Gasteiger partial charge in [0.2, 0.25) is 0 Å². The summed E-state index contributed by atoms with van der Waals surface area (Å²) in [5.74, 6) is 0. The van der Waals surface area contributed by atoms with Crippen LogP contribution in [0, 0.1) is 0 Å². The number of unbranched alkanes of at least 4 members (excludes halogenated alkanes) is 5. The molecule has 0 saturated carbocycles. The quantitative estimate of drug-likeness (QED) is 0.354. The molecule has 0 heterocycles. The molecule has 0 nitrogen and oxygen atoms in total. The van der Waals surface area contributed by atoms with Crippen molar-refractivity contribution in [2.75, 3.05) is 0 Å². The van der Waals surface area contributed by atoms with E-state index in [9.17, 15) is 0 Å². The number of aryl methyl sites for hydroxylation is 1. The van der Waals surface area contributed by atoms with Crippen LogP contribution in [0.1, 0.15) is 62.1 Å². The van der Waals surface area contributed by atoms with Gasteiger partial charge >= 0.3 is 0 Å². The van der Waals surface area contributed by atoms with Gasteiger partial charge in [-0.05, 0) is 29.5 Å². The van der Waals surface area contributed by atoms with Crippen molar-refractivity contribution in [2.24, 2.45) is 0 Å². The second kappa shape index (κ2) is 10.00. The molecule has 0 saturated heterocycles. The van der Waals surface area contributed by atoms with Crippen molar-refractivity contribution >= 4 is 12.2 Å². The van der Waals surface area contributed by atoms with Gasteiger partial charge in [-0.1, -0.05) is 106 Å². The molecular formula is C22H28. The van der Waals surface area contributed by atoms with Crippen LogP contribution in [0.15, 0.2) is 54.6 Å². The van der Waals surface area contributed by atoms with Crippen LogP contribution in [0.3, 0.4) is 0 Å². The number of hydrogen-bond donors (Lipinski definition) is 0. The van der Waals surface area contributed by atoms with E-state index in [1.165, 1.54) is 61.6 Å². The zero-order valence-electron chi connectivity index (χ0n) is 13.8. The molecule has 0 aromatic heterocycles. The molecule has 0 N–H and O–H groups in total. The first kappa shape index (κ1) is 16.5. The third kappa shape index (κ3) is 6.30. The fourth-order valence-electron chi connectivity index (χ4n) is 2.66. The minimum absolute atomic E-state index is 1.22. The van der Waals surface area contributed by atoms with Crippen LogP contribution in [0.4, 0.5) is 0 Å². The molecule has 0 fully saturated rings. The fraction of sp³-hybridized carbons (Fsp3) is 0.364. The Kier molecular flexibility index (Phi) is 7.52. The first-order chi connectivity index (χ1) is 10.9. The second-order valence-corrected chi connectivity index (χ2v) is 6.00. The van der Waals surface area contributed by atoms with E-state index in [1.807, 2.05) is 6.07 Å². The minimum atomic E-state index is 1.22. The number of benzene rings is 2. The van der Waals surface area contributed by atoms with Gasteiger partial charge in [0.15, 0.2) is 0 Å². The van der Waals surface area contributed by atoms with Gasteiger partial charge in [0, 0.05) is 0 Å². The maximum Gasteiger partial charge on any atom is -0.0256 e. The lowest BCUT2D eigenvalue weighted by atomic mass is 10.0. The third-order valence-electron chi connectivity index (χ3n) is 4.07. The molecule has 22 heavy (non-hydrogen) atoms. The number of hydrogen-bond acceptors (Lipinski definition) is 0. The van der Waals surface area contributed by atoms with Crippen LogP contribution >= 0.6 is 0 Å². The van der Waals surface area contributed by atoms with E-state index in [0.717, 1.165) is 0 Å². The van der Waals surface area contributed by atoms with Crippen molar-refractivity contribution < 1.29 is 0 Å². The van der Waals surface area contributed by atoms with Crippen LogP contribution < -0.4 is 0 Å². The highest BCUT2D eigenvalue weighted by Crippen LogP contribution is 2.13. The third-order valence-corrected chi connectivity index (χ3v) is 4.07. The van der Waals surface area contributed by atoms with E-state index in [0.29, 0.717) is 0 Å². The van der Waals surface area contributed by atoms with E-state index >= 15 is 0 Å². The van der Waals surface area contributed by atoms with Gasteiger partial charge in [0.1, 0.15) is 0 Å². The molecule has 0 unspecified atom stereocenters. The second-order valence-electron chi connectivity index (χ2n) is 6.00. The molecule has 0 radical (unpaired) electrons. The van der Waals surface area contributed by atoms with Crippen molar-refractivity contribution in [3.05, 3.63) is 71.3 Å². The highest BCUT2D eigenvalue weighted by molar-refractivity contribution is 5.69. The van der Waals surface area contributed by atoms with Gasteiger partial charge in [0.05, 0.1) is 0 Å². The molecule has 0 amide bonds. The topological polar surface area (TPSA) is 0 Å². The molecule has 2 aromatic carbocycles. The summed E-state index contributed by atoms with van der Waals surface area (Å²) in [4.78, 5) is 0. The monoisotopic (exact) mass is 292 g/mol. The molecule has 2 aromatic rings. The van der Waals surface area contributed by atoms with Crippen LogP contribution in [0.5, 0.6) is 0 Å². The molecular weight excluding hydrogens is 264 g/mol. The Morgan fingerprint density at radius 3 is 1.91 bits per heavy atom. The molecule has 2 rings (SSSR count). The van der Waals surface area contributed by atoms with Crippen molar-refractivity contribution in [1.29, 1.82) is 0 Å². The average Bonchev–Trinajstić information content (AvgIpc) is 2.58. The van der Waals surface area contributed by atoms with E-state index in [2.05, 4.69) is 67.6 Å². The van der Waals surface area contributed by atoms with Crippen LogP contribution in [0.2, 0.25) is 0 Å². The lowest BCUT2D eigenvalue weighted by molar-refractivity contribution is 0.607. The highest BCUT2D eigenvalue weighted by atomic mass is 14.0. The number of rotatable bonds is 9. The molecule has 0 bridgehead atoms. The van der Waals surface area contributed by atoms with Gasteiger partial charge in [-0.15, -0.1) is 0 Å². The summed E-state index contributed by atoms with van der Waals surface area (Å²) in [5.41, 5.74) is 3.99. The van der Waals surface area contributed by atoms with Crippen LogP contribution in [-0.4, -0.2) is 0 Å². The van der Waals surface area contributed by atoms with Gasteiger partial charge in [0.25, 0.3) is 0 Å². The zero-order chi connectivity index (χ0) is 15.5. The molecule has 0 atom stereocenters. The lowest BCUT2D eigenvalue weighted by Crippen LogP contribution is -1.86. The van der Waals surface area contributed by atoms with Gasteiger partial charge in [-0.3, -0.25) is 0 Å². The molecule has 0 heteroatoms. The Labute approximate surface area is 135 Å². The summed E-state index contributed by atoms with van der Waals surface area (Å²) < 4.78 is 0. The fourth-order valence-corrected chi connectivity index (χ4v) is 2.66. The Hall–Kier alpha value is -1.82. The Bertz CT molecular complexity index is 534. The Morgan fingerprint density at radius 1 is 0.636 bits per heavy atom. The van der Waals surface area contributed by atoms with E-state index in [-0.39, 0.29) is 0 Å². The average molecular weight is 292 g/mol. The SMILES string of the molecule is CCCCCCCCc1ccc(C=Cc2ccccc2)cc1. The first-order valence-corrected chi connectivity index (χ1v) is 8.70. The summed E-state index contributed by atoms with van der Waals surface area (Å²) in [6.45, 7) is 2.27. The first-order valence-electron chi connectivity index (χ1n) is 8.70. The van der Waals surface area contributed by atoms with Gasteiger partial charge in [-0.25, -0.2) is 0 Å². The lowest BCUT2D eigenvalue weighted by Gasteiger charge is -2.03. The van der Waals surface area contributed by atoms with E-state index in [4.69, 9.17) is 0 Å². The van der Waals surface area contributed by atoms with E-state index < -0.39 is 0 Å². The summed E-state index contributed by atoms with van der Waals surface area (Å²) >= 11 is 0. The summed E-state index contributed by atoms with van der Waals surface area (Å²) in [6.07, 6.45) is 13.8. The molecule has 0 aliphatic carbocycles. The Balaban J connectivity index is 1.74. The molecule has 0 spiro atoms. The van der Waals surface area contributed by atoms with Crippen molar-refractivity contribution in [3.63, 3.8) is 0 Å². The summed E-state index contributed by atoms with van der Waals surface area (Å²) in [7, 11) is 0. The van der Waals surface area contributed by atoms with Gasteiger partial charge < -0.3 is 0 Å². The van der Waals surface area contributed by atoms with E-state index in [1.54, 1.807) is 0 Å². The zero-order valence-corrected chi connectivity index (χ0v) is 13.8. The maximum atomic E-state index is 2.27. The standard InChI is InChI=1S/C22H28/c1-2-3-4-5-6-8-13-21-15-18-22(19-16-21)17-14-20-11-9-7-10-12-20/h7,9-12,14-19H,2-6,8,13H2,1H3. The summed E-state index contributed by atoms with van der Waals surface area (Å²) in [5, 5.41) is 0. The van der Waals surface area contributed by atoms with Crippen molar-refractivity contribution in [2.45, 2.75) is 51.9 Å². The van der Waals surface area contributed by atoms with Crippen LogP contribution in [-0.2, 0) is 6.42 Å². The normalized spacial score (nSPS) is 11.1. The predicted molar refractivity (Wildman–Crippen MR) is 98.9 cm³/mol. The largest absolute Gasteiger partial charge is 0.0654 e. The summed E-state index contributed by atoms with van der Waals surface area (Å²) in [6, 6.07) is 19.5. The maximum absolute atomic E-state index is 2.27. The molecule has 0 aliphatic heterocycles. The smallest absolute Gasteiger partial charge is 0.0256 e. The Morgan fingerprint density at radius 2 is 1.23 bits per heavy atom. The molecule has 116 valence electrons. The molecule has 0 aliphatic rings. The highest BCUT2D eigenvalue weighted by Gasteiger charge is 1.95. The predicted octanol–water partition coefficient (Wildman–Crippen LogP) is 6.76. The van der Waals surface area contributed by atoms with Crippen molar-refractivity contribution in [1.82, 2.24) is 0 Å².